The standard InChI is InChI=1S/C32H35FN4O8/c1-5-43-27-15-22(30-29(31(39)42-4)19(2)35-32(40)36-30)9-13-25(27)45-18-28(38)37-34-16-21-8-12-24(26(14-21)41-3)44-17-20-6-10-23(33)11-7-20/h6-16,28,30,37-38H,5,17-18H2,1-4H3,(H2,35,36,40)/b34-16-/t28-,30-/m0/s1. The Balaban J connectivity index is 1.36. The minimum atomic E-state index is -1.17. The molecule has 0 unspecified atom stereocenters. The number of urea groups is 1. The van der Waals surface area contributed by atoms with Gasteiger partial charge in [0.15, 0.2) is 29.2 Å². The molecule has 0 bridgehead atoms. The average molecular weight is 623 g/mol. The Morgan fingerprint density at radius 3 is 2.47 bits per heavy atom. The number of rotatable bonds is 14. The van der Waals surface area contributed by atoms with E-state index in [4.69, 9.17) is 23.7 Å². The van der Waals surface area contributed by atoms with Crippen LogP contribution in [0.15, 0.2) is 77.0 Å². The molecule has 1 heterocycles. The number of carbonyl (C=O) groups is 2. The van der Waals surface area contributed by atoms with Crippen LogP contribution in [0.4, 0.5) is 9.18 Å². The molecule has 0 aliphatic carbocycles. The highest BCUT2D eigenvalue weighted by molar-refractivity contribution is 5.95. The van der Waals surface area contributed by atoms with Crippen LogP contribution < -0.4 is 35.0 Å². The molecule has 3 aromatic carbocycles. The molecule has 12 nitrogen and oxygen atoms in total. The fraction of sp³-hybridized carbons (Fsp3) is 0.281. The van der Waals surface area contributed by atoms with Crippen LogP contribution >= 0.6 is 0 Å². The minimum Gasteiger partial charge on any atom is -0.493 e. The number of halogens is 1. The van der Waals surface area contributed by atoms with E-state index in [-0.39, 0.29) is 24.6 Å². The zero-order valence-corrected chi connectivity index (χ0v) is 25.3. The number of carbonyl (C=O) groups excluding carboxylic acids is 2. The van der Waals surface area contributed by atoms with E-state index in [1.54, 1.807) is 62.4 Å². The van der Waals surface area contributed by atoms with Crippen LogP contribution in [0.1, 0.15) is 36.6 Å². The maximum Gasteiger partial charge on any atom is 0.337 e. The second-order valence-electron chi connectivity index (χ2n) is 9.74. The van der Waals surface area contributed by atoms with Crippen molar-refractivity contribution in [2.45, 2.75) is 32.7 Å². The van der Waals surface area contributed by atoms with Gasteiger partial charge >= 0.3 is 12.0 Å². The fourth-order valence-electron chi connectivity index (χ4n) is 4.45. The van der Waals surface area contributed by atoms with E-state index < -0.39 is 24.3 Å². The van der Waals surface area contributed by atoms with E-state index in [0.717, 1.165) is 5.56 Å². The number of esters is 1. The Bertz CT molecular complexity index is 1560. The normalized spacial score (nSPS) is 15.2. The topological polar surface area (TPSA) is 149 Å². The van der Waals surface area contributed by atoms with Crippen LogP contribution in [0.5, 0.6) is 23.0 Å². The van der Waals surface area contributed by atoms with Gasteiger partial charge in [0.2, 0.25) is 0 Å². The van der Waals surface area contributed by atoms with Crippen molar-refractivity contribution in [2.75, 3.05) is 27.4 Å². The van der Waals surface area contributed by atoms with Gasteiger partial charge in [-0.25, -0.2) is 14.0 Å². The Labute approximate surface area is 259 Å². The summed E-state index contributed by atoms with van der Waals surface area (Å²) in [5.74, 6) is 0.782. The van der Waals surface area contributed by atoms with E-state index in [9.17, 15) is 19.1 Å². The highest BCUT2D eigenvalue weighted by atomic mass is 19.1. The van der Waals surface area contributed by atoms with Gasteiger partial charge in [0.1, 0.15) is 19.0 Å². The van der Waals surface area contributed by atoms with Crippen molar-refractivity contribution < 1.29 is 42.8 Å². The zero-order chi connectivity index (χ0) is 32.3. The Morgan fingerprint density at radius 1 is 1.02 bits per heavy atom. The summed E-state index contributed by atoms with van der Waals surface area (Å²) in [5.41, 5.74) is 5.30. The summed E-state index contributed by atoms with van der Waals surface area (Å²) in [6.07, 6.45) is 0.327. The van der Waals surface area contributed by atoms with Crippen molar-refractivity contribution in [3.05, 3.63) is 94.4 Å². The summed E-state index contributed by atoms with van der Waals surface area (Å²) in [7, 11) is 2.78. The SMILES string of the molecule is CCOc1cc([C@@H]2NC(=O)NC(C)=C2C(=O)OC)ccc1OC[C@H](O)N/N=C\c1ccc(OCc2ccc(F)cc2)c(OC)c1. The molecule has 4 rings (SSSR count). The van der Waals surface area contributed by atoms with Gasteiger partial charge in [-0.05, 0) is 73.0 Å². The van der Waals surface area contributed by atoms with Crippen molar-refractivity contribution in [3.8, 4) is 23.0 Å². The number of nitrogens with one attached hydrogen (secondary N) is 3. The Hall–Kier alpha value is -5.30. The monoisotopic (exact) mass is 622 g/mol. The number of allylic oxidation sites excluding steroid dienone is 1. The molecule has 3 aromatic rings. The Kier molecular flexibility index (Phi) is 11.2. The second-order valence-corrected chi connectivity index (χ2v) is 9.74. The molecule has 1 aliphatic rings. The van der Waals surface area contributed by atoms with Gasteiger partial charge in [-0.2, -0.15) is 5.10 Å². The molecular formula is C32H35FN4O8. The number of ether oxygens (including phenoxy) is 5. The fourth-order valence-corrected chi connectivity index (χ4v) is 4.45. The van der Waals surface area contributed by atoms with Crippen molar-refractivity contribution in [3.63, 3.8) is 0 Å². The lowest BCUT2D eigenvalue weighted by molar-refractivity contribution is -0.136. The van der Waals surface area contributed by atoms with Crippen molar-refractivity contribution >= 4 is 18.2 Å². The number of amides is 2. The van der Waals surface area contributed by atoms with Crippen LogP contribution in [0.2, 0.25) is 0 Å². The lowest BCUT2D eigenvalue weighted by Gasteiger charge is -2.28. The first-order chi connectivity index (χ1) is 21.7. The van der Waals surface area contributed by atoms with Gasteiger partial charge in [-0.3, -0.25) is 5.43 Å². The van der Waals surface area contributed by atoms with Crippen molar-refractivity contribution in [1.29, 1.82) is 0 Å². The van der Waals surface area contributed by atoms with Crippen LogP contribution in [0, 0.1) is 5.82 Å². The molecule has 4 N–H and O–H groups in total. The Morgan fingerprint density at radius 2 is 1.76 bits per heavy atom. The molecule has 1 aliphatic heterocycles. The third-order valence-electron chi connectivity index (χ3n) is 6.60. The van der Waals surface area contributed by atoms with Gasteiger partial charge in [0.05, 0.1) is 38.7 Å². The first-order valence-electron chi connectivity index (χ1n) is 14.0. The summed E-state index contributed by atoms with van der Waals surface area (Å²) < 4.78 is 40.8. The molecule has 45 heavy (non-hydrogen) atoms. The summed E-state index contributed by atoms with van der Waals surface area (Å²) >= 11 is 0. The highest BCUT2D eigenvalue weighted by Crippen LogP contribution is 2.35. The maximum atomic E-state index is 13.1. The number of nitrogens with zero attached hydrogens (tertiary/aromatic N) is 1. The number of hydrazone groups is 1. The number of aliphatic hydroxyl groups is 1. The quantitative estimate of drug-likeness (QED) is 0.0908. The molecule has 0 aromatic heterocycles. The van der Waals surface area contributed by atoms with Crippen molar-refractivity contribution in [2.24, 2.45) is 5.10 Å². The summed E-state index contributed by atoms with van der Waals surface area (Å²) in [5, 5.41) is 19.8. The molecular weight excluding hydrogens is 587 g/mol. The number of hydrogen-bond donors (Lipinski definition) is 4. The van der Waals surface area contributed by atoms with Gasteiger partial charge in [-0.15, -0.1) is 0 Å². The van der Waals surface area contributed by atoms with Crippen LogP contribution in [-0.4, -0.2) is 57.0 Å². The van der Waals surface area contributed by atoms with Crippen LogP contribution in [-0.2, 0) is 16.1 Å². The van der Waals surface area contributed by atoms with E-state index in [1.807, 2.05) is 0 Å². The minimum absolute atomic E-state index is 0.174. The molecule has 238 valence electrons. The van der Waals surface area contributed by atoms with Gasteiger partial charge in [0.25, 0.3) is 0 Å². The summed E-state index contributed by atoms with van der Waals surface area (Å²) in [6, 6.07) is 15.0. The lowest BCUT2D eigenvalue weighted by Crippen LogP contribution is -2.45. The molecule has 0 fully saturated rings. The predicted octanol–water partition coefficient (Wildman–Crippen LogP) is 3.93. The summed E-state index contributed by atoms with van der Waals surface area (Å²) in [6.45, 7) is 3.81. The molecule has 0 saturated carbocycles. The van der Waals surface area contributed by atoms with E-state index in [2.05, 4.69) is 21.2 Å². The first-order valence-corrected chi connectivity index (χ1v) is 14.0. The first kappa shape index (κ1) is 32.6. The molecule has 2 amide bonds. The highest BCUT2D eigenvalue weighted by Gasteiger charge is 2.32. The second kappa shape index (κ2) is 15.4. The number of aliphatic hydroxyl groups excluding tert-OH is 1. The van der Waals surface area contributed by atoms with E-state index in [1.165, 1.54) is 32.6 Å². The largest absolute Gasteiger partial charge is 0.493 e. The third-order valence-corrected chi connectivity index (χ3v) is 6.60. The maximum absolute atomic E-state index is 13.1. The van der Waals surface area contributed by atoms with E-state index in [0.29, 0.717) is 46.4 Å². The molecule has 0 spiro atoms. The number of methoxy groups -OCH3 is 2. The van der Waals surface area contributed by atoms with Gasteiger partial charge in [0, 0.05) is 5.70 Å². The molecule has 13 heteroatoms. The number of hydrogen-bond acceptors (Lipinski definition) is 10. The third kappa shape index (κ3) is 8.63. The van der Waals surface area contributed by atoms with Crippen LogP contribution in [0.25, 0.3) is 0 Å². The van der Waals surface area contributed by atoms with Crippen LogP contribution in [0.3, 0.4) is 0 Å². The predicted molar refractivity (Wildman–Crippen MR) is 163 cm³/mol. The molecule has 0 radical (unpaired) electrons. The average Bonchev–Trinajstić information content (AvgIpc) is 3.03. The van der Waals surface area contributed by atoms with Gasteiger partial charge < -0.3 is 39.4 Å². The zero-order valence-electron chi connectivity index (χ0n) is 25.3. The van der Waals surface area contributed by atoms with Crippen molar-refractivity contribution in [1.82, 2.24) is 16.1 Å². The summed E-state index contributed by atoms with van der Waals surface area (Å²) in [4.78, 5) is 24.6. The molecule has 0 saturated heterocycles. The van der Waals surface area contributed by atoms with Gasteiger partial charge in [-0.1, -0.05) is 18.2 Å². The lowest BCUT2D eigenvalue weighted by atomic mass is 9.95. The number of benzene rings is 3. The molecule has 2 atom stereocenters. The smallest absolute Gasteiger partial charge is 0.337 e. The van der Waals surface area contributed by atoms with E-state index >= 15 is 0 Å².